The molecule has 0 saturated heterocycles. The summed E-state index contributed by atoms with van der Waals surface area (Å²) in [5.74, 6) is -0.395. The highest BCUT2D eigenvalue weighted by molar-refractivity contribution is 5.97. The molecule has 4 heteroatoms. The third-order valence-electron chi connectivity index (χ3n) is 4.27. The van der Waals surface area contributed by atoms with Crippen LogP contribution in [0.2, 0.25) is 0 Å². The van der Waals surface area contributed by atoms with Crippen LogP contribution >= 0.6 is 0 Å². The van der Waals surface area contributed by atoms with E-state index < -0.39 is 11.5 Å². The van der Waals surface area contributed by atoms with Gasteiger partial charge in [0.1, 0.15) is 0 Å². The highest BCUT2D eigenvalue weighted by Crippen LogP contribution is 2.28. The molecule has 118 valence electrons. The molecule has 0 spiro atoms. The van der Waals surface area contributed by atoms with Gasteiger partial charge in [-0.05, 0) is 24.3 Å². The van der Waals surface area contributed by atoms with Crippen LogP contribution in [0, 0.1) is 5.21 Å². The summed E-state index contributed by atoms with van der Waals surface area (Å²) in [5, 5.41) is 12.7. The summed E-state index contributed by atoms with van der Waals surface area (Å²) in [6.07, 6.45) is 1.36. The van der Waals surface area contributed by atoms with E-state index in [-0.39, 0.29) is 6.61 Å². The zero-order valence-corrected chi connectivity index (χ0v) is 13.1. The number of hydroxylamine groups is 1. The van der Waals surface area contributed by atoms with Crippen molar-refractivity contribution in [3.8, 4) is 0 Å². The molecule has 0 saturated carbocycles. The van der Waals surface area contributed by atoms with Gasteiger partial charge in [-0.15, -0.1) is 0 Å². The molecule has 0 amide bonds. The number of carbonyl (C=O) groups is 1. The molecule has 0 aromatic heterocycles. The first-order chi connectivity index (χ1) is 11.1. The summed E-state index contributed by atoms with van der Waals surface area (Å²) in [6, 6.07) is 18.5. The highest BCUT2D eigenvalue weighted by atomic mass is 16.5. The van der Waals surface area contributed by atoms with Crippen LogP contribution < -0.4 is 0 Å². The van der Waals surface area contributed by atoms with Crippen LogP contribution in [0.5, 0.6) is 0 Å². The Balaban J connectivity index is 1.73. The van der Waals surface area contributed by atoms with Gasteiger partial charge in [0.25, 0.3) is 0 Å². The molecule has 4 nitrogen and oxygen atoms in total. The molecular weight excluding hydrogens is 290 g/mol. The summed E-state index contributed by atoms with van der Waals surface area (Å²) in [5.41, 5.74) is 1.47. The Bertz CT molecular complexity index is 725. The number of nitrogens with zero attached hydrogens (tertiary/aromatic N) is 1. The summed E-state index contributed by atoms with van der Waals surface area (Å²) < 4.78 is 6.39. The highest BCUT2D eigenvalue weighted by Gasteiger charge is 2.43. The fourth-order valence-corrected chi connectivity index (χ4v) is 2.82. The standard InChI is InChI=1S/C19H19NO3/c1-19(14-23-18(21)16-10-6-3-7-11-16)13-12-17(20(19)22)15-8-4-2-5-9-15/h2-11H,12-14H2,1H3/t19-/m1/s1. The Morgan fingerprint density at radius 1 is 1.13 bits per heavy atom. The van der Waals surface area contributed by atoms with Crippen molar-refractivity contribution in [1.82, 2.24) is 0 Å². The molecule has 0 N–H and O–H groups in total. The van der Waals surface area contributed by atoms with Gasteiger partial charge in [0.2, 0.25) is 5.54 Å². The van der Waals surface area contributed by atoms with Gasteiger partial charge in [0, 0.05) is 25.3 Å². The fourth-order valence-electron chi connectivity index (χ4n) is 2.82. The van der Waals surface area contributed by atoms with Crippen LogP contribution in [0.3, 0.4) is 0 Å². The summed E-state index contributed by atoms with van der Waals surface area (Å²) in [7, 11) is 0. The predicted molar refractivity (Wildman–Crippen MR) is 88.5 cm³/mol. The lowest BCUT2D eigenvalue weighted by Crippen LogP contribution is -2.39. The van der Waals surface area contributed by atoms with Crippen molar-refractivity contribution in [2.45, 2.75) is 25.3 Å². The van der Waals surface area contributed by atoms with Crippen LogP contribution in [-0.4, -0.2) is 28.6 Å². The molecule has 1 aliphatic rings. The summed E-state index contributed by atoms with van der Waals surface area (Å²) in [4.78, 5) is 12.1. The Kier molecular flexibility index (Phi) is 4.15. The van der Waals surface area contributed by atoms with Gasteiger partial charge < -0.3 is 9.94 Å². The van der Waals surface area contributed by atoms with Gasteiger partial charge >= 0.3 is 5.97 Å². The van der Waals surface area contributed by atoms with Gasteiger partial charge in [-0.3, -0.25) is 0 Å². The molecule has 3 rings (SSSR count). The zero-order chi connectivity index (χ0) is 16.3. The summed E-state index contributed by atoms with van der Waals surface area (Å²) >= 11 is 0. The quantitative estimate of drug-likeness (QED) is 0.494. The molecule has 0 aliphatic carbocycles. The minimum absolute atomic E-state index is 0.0839. The molecule has 1 heterocycles. The minimum atomic E-state index is -0.713. The van der Waals surface area contributed by atoms with Crippen LogP contribution in [0.4, 0.5) is 0 Å². The molecule has 0 radical (unpaired) electrons. The number of carbonyl (C=O) groups excluding carboxylic acids is 1. The maximum absolute atomic E-state index is 12.7. The minimum Gasteiger partial charge on any atom is -0.623 e. The van der Waals surface area contributed by atoms with E-state index in [1.807, 2.05) is 43.3 Å². The van der Waals surface area contributed by atoms with Crippen LogP contribution in [0.15, 0.2) is 60.7 Å². The normalized spacial score (nSPS) is 20.6. The lowest BCUT2D eigenvalue weighted by atomic mass is 9.99. The van der Waals surface area contributed by atoms with Crippen molar-refractivity contribution >= 4 is 11.7 Å². The number of ether oxygens (including phenoxy) is 1. The second-order valence-corrected chi connectivity index (χ2v) is 6.05. The molecule has 0 bridgehead atoms. The number of esters is 1. The molecule has 0 fully saturated rings. The molecule has 1 atom stereocenters. The topological polar surface area (TPSA) is 52.4 Å². The zero-order valence-electron chi connectivity index (χ0n) is 13.1. The van der Waals surface area contributed by atoms with Crippen molar-refractivity contribution < 1.29 is 14.3 Å². The van der Waals surface area contributed by atoms with Gasteiger partial charge in [0.05, 0.1) is 5.56 Å². The number of rotatable bonds is 4. The second kappa shape index (κ2) is 6.24. The Labute approximate surface area is 135 Å². The van der Waals surface area contributed by atoms with E-state index in [1.54, 1.807) is 24.3 Å². The lowest BCUT2D eigenvalue weighted by Gasteiger charge is -2.23. The van der Waals surface area contributed by atoms with Crippen molar-refractivity contribution in [2.75, 3.05) is 6.61 Å². The molecule has 2 aromatic carbocycles. The largest absolute Gasteiger partial charge is 0.623 e. The maximum atomic E-state index is 12.7. The van der Waals surface area contributed by atoms with Crippen molar-refractivity contribution in [3.05, 3.63) is 77.0 Å². The van der Waals surface area contributed by atoms with E-state index in [9.17, 15) is 10.0 Å². The number of hydrogen-bond donors (Lipinski definition) is 0. The Hall–Kier alpha value is -2.62. The van der Waals surface area contributed by atoms with Crippen molar-refractivity contribution in [3.63, 3.8) is 0 Å². The first kappa shape index (κ1) is 15.3. The molecule has 0 unspecified atom stereocenters. The average Bonchev–Trinajstić information content (AvgIpc) is 2.90. The predicted octanol–water partition coefficient (Wildman–Crippen LogP) is 3.40. The van der Waals surface area contributed by atoms with Gasteiger partial charge in [-0.2, -0.15) is 4.74 Å². The van der Waals surface area contributed by atoms with Gasteiger partial charge in [-0.1, -0.05) is 36.4 Å². The van der Waals surface area contributed by atoms with Gasteiger partial charge in [-0.25, -0.2) is 4.79 Å². The third-order valence-corrected chi connectivity index (χ3v) is 4.27. The van der Waals surface area contributed by atoms with Crippen LogP contribution in [-0.2, 0) is 4.74 Å². The maximum Gasteiger partial charge on any atom is 0.338 e. The van der Waals surface area contributed by atoms with E-state index in [0.29, 0.717) is 18.4 Å². The molecule has 23 heavy (non-hydrogen) atoms. The first-order valence-electron chi connectivity index (χ1n) is 7.71. The third kappa shape index (κ3) is 3.11. The SMILES string of the molecule is C[C@]1(COC(=O)c2ccccc2)CCC(c2ccccc2)=[N+]1[O-]. The number of benzene rings is 2. The van der Waals surface area contributed by atoms with E-state index in [0.717, 1.165) is 16.0 Å². The van der Waals surface area contributed by atoms with Crippen LogP contribution in [0.1, 0.15) is 35.7 Å². The van der Waals surface area contributed by atoms with Gasteiger partial charge in [0.15, 0.2) is 12.3 Å². The molecule has 1 aliphatic heterocycles. The van der Waals surface area contributed by atoms with Crippen LogP contribution in [0.25, 0.3) is 0 Å². The molecule has 2 aromatic rings. The van der Waals surface area contributed by atoms with E-state index in [2.05, 4.69) is 0 Å². The number of hydrogen-bond acceptors (Lipinski definition) is 3. The first-order valence-corrected chi connectivity index (χ1v) is 7.71. The van der Waals surface area contributed by atoms with E-state index in [1.165, 1.54) is 0 Å². The second-order valence-electron chi connectivity index (χ2n) is 6.05. The smallest absolute Gasteiger partial charge is 0.338 e. The monoisotopic (exact) mass is 309 g/mol. The molecular formula is C19H19NO3. The average molecular weight is 309 g/mol. The van der Waals surface area contributed by atoms with Crippen molar-refractivity contribution in [1.29, 1.82) is 0 Å². The fraction of sp³-hybridized carbons (Fsp3) is 0.263. The van der Waals surface area contributed by atoms with E-state index >= 15 is 0 Å². The van der Waals surface area contributed by atoms with E-state index in [4.69, 9.17) is 4.74 Å². The van der Waals surface area contributed by atoms with Crippen molar-refractivity contribution in [2.24, 2.45) is 0 Å². The Morgan fingerprint density at radius 2 is 1.74 bits per heavy atom. The lowest BCUT2D eigenvalue weighted by molar-refractivity contribution is -0.539. The summed E-state index contributed by atoms with van der Waals surface area (Å²) in [6.45, 7) is 1.93. The Morgan fingerprint density at radius 3 is 2.39 bits per heavy atom.